The number of nitrogens with zero attached hydrogens (tertiary/aromatic N) is 3. The molecule has 1 saturated heterocycles. The summed E-state index contributed by atoms with van der Waals surface area (Å²) in [6, 6.07) is 16.2. The Balaban J connectivity index is 1.64. The predicted octanol–water partition coefficient (Wildman–Crippen LogP) is 3.87. The number of para-hydroxylation sites is 1. The molecule has 5 nitrogen and oxygen atoms in total. The Morgan fingerprint density at radius 3 is 2.50 bits per heavy atom. The van der Waals surface area contributed by atoms with Crippen LogP contribution in [0.15, 0.2) is 54.6 Å². The minimum atomic E-state index is -4.41. The third-order valence-corrected chi connectivity index (χ3v) is 4.62. The van der Waals surface area contributed by atoms with Crippen LogP contribution in [0.4, 0.5) is 19.1 Å². The van der Waals surface area contributed by atoms with Crippen LogP contribution in [-0.2, 0) is 4.79 Å². The largest absolute Gasteiger partial charge is 0.406 e. The second-order valence-corrected chi connectivity index (χ2v) is 6.64. The summed E-state index contributed by atoms with van der Waals surface area (Å²) in [5.74, 6) is -0.361. The molecule has 8 heteroatoms. The lowest BCUT2D eigenvalue weighted by Crippen LogP contribution is -2.39. The lowest BCUT2D eigenvalue weighted by Gasteiger charge is -2.19. The average molecular weight is 386 g/mol. The van der Waals surface area contributed by atoms with Crippen molar-refractivity contribution >= 4 is 22.8 Å². The van der Waals surface area contributed by atoms with Crippen LogP contribution in [0.25, 0.3) is 22.2 Å². The number of rotatable bonds is 4. The topological polar surface area (TPSA) is 58.1 Å². The molecule has 3 aromatic rings. The number of benzene rings is 2. The van der Waals surface area contributed by atoms with Gasteiger partial charge in [0.15, 0.2) is 0 Å². The molecule has 2 heterocycles. The van der Waals surface area contributed by atoms with E-state index in [9.17, 15) is 18.0 Å². The van der Waals surface area contributed by atoms with Crippen molar-refractivity contribution in [3.05, 3.63) is 54.6 Å². The van der Waals surface area contributed by atoms with Crippen molar-refractivity contribution < 1.29 is 18.0 Å². The number of amides is 1. The average Bonchev–Trinajstić information content (AvgIpc) is 3.00. The first kappa shape index (κ1) is 18.2. The van der Waals surface area contributed by atoms with E-state index in [1.807, 2.05) is 54.6 Å². The van der Waals surface area contributed by atoms with E-state index < -0.39 is 24.7 Å². The van der Waals surface area contributed by atoms with Gasteiger partial charge in [0.05, 0.1) is 11.2 Å². The molecule has 1 amide bonds. The Morgan fingerprint density at radius 1 is 1.04 bits per heavy atom. The second kappa shape index (κ2) is 7.10. The van der Waals surface area contributed by atoms with Crippen LogP contribution in [-0.4, -0.2) is 46.1 Å². The van der Waals surface area contributed by atoms with Crippen molar-refractivity contribution in [3.8, 4) is 11.3 Å². The number of nitrogens with one attached hydrogen (secondary N) is 1. The molecule has 1 aliphatic rings. The molecule has 28 heavy (non-hydrogen) atoms. The van der Waals surface area contributed by atoms with Gasteiger partial charge in [-0.3, -0.25) is 4.79 Å². The summed E-state index contributed by atoms with van der Waals surface area (Å²) in [5, 5.41) is 3.79. The maximum atomic E-state index is 12.6. The van der Waals surface area contributed by atoms with Gasteiger partial charge in [0.25, 0.3) is 0 Å². The predicted molar refractivity (Wildman–Crippen MR) is 99.6 cm³/mol. The van der Waals surface area contributed by atoms with E-state index in [4.69, 9.17) is 0 Å². The van der Waals surface area contributed by atoms with Crippen molar-refractivity contribution in [3.63, 3.8) is 0 Å². The molecule has 0 aliphatic carbocycles. The molecule has 1 aliphatic heterocycles. The first-order valence-electron chi connectivity index (χ1n) is 8.85. The van der Waals surface area contributed by atoms with Crippen LogP contribution in [0, 0.1) is 0 Å². The highest BCUT2D eigenvalue weighted by atomic mass is 19.4. The lowest BCUT2D eigenvalue weighted by atomic mass is 10.1. The van der Waals surface area contributed by atoms with E-state index in [1.165, 1.54) is 0 Å². The minimum absolute atomic E-state index is 0.0507. The van der Waals surface area contributed by atoms with Gasteiger partial charge in [0.2, 0.25) is 11.9 Å². The smallest absolute Gasteiger partial charge is 0.342 e. The number of alkyl halides is 3. The zero-order valence-electron chi connectivity index (χ0n) is 14.8. The summed E-state index contributed by atoms with van der Waals surface area (Å²) >= 11 is 0. The Bertz CT molecular complexity index is 1010. The second-order valence-electron chi connectivity index (χ2n) is 6.64. The number of likely N-dealkylation sites (tertiary alicyclic amines) is 1. The van der Waals surface area contributed by atoms with Gasteiger partial charge in [-0.25, -0.2) is 9.97 Å². The molecule has 144 valence electrons. The first-order valence-corrected chi connectivity index (χ1v) is 8.85. The van der Waals surface area contributed by atoms with Gasteiger partial charge in [-0.15, -0.1) is 0 Å². The maximum Gasteiger partial charge on any atom is 0.406 e. The van der Waals surface area contributed by atoms with Crippen LogP contribution >= 0.6 is 0 Å². The molecule has 0 spiro atoms. The van der Waals surface area contributed by atoms with Crippen LogP contribution in [0.5, 0.6) is 0 Å². The Hall–Kier alpha value is -3.16. The molecule has 1 fully saturated rings. The molecule has 4 rings (SSSR count). The Labute approximate surface area is 159 Å². The first-order chi connectivity index (χ1) is 13.4. The summed E-state index contributed by atoms with van der Waals surface area (Å²) in [6.45, 7) is -1.19. The third kappa shape index (κ3) is 3.76. The number of aromatic nitrogens is 2. The van der Waals surface area contributed by atoms with Crippen molar-refractivity contribution in [2.24, 2.45) is 0 Å². The van der Waals surface area contributed by atoms with Crippen LogP contribution in [0.3, 0.4) is 0 Å². The molecular formula is C20H17F3N4O. The highest BCUT2D eigenvalue weighted by Gasteiger charge is 2.39. The summed E-state index contributed by atoms with van der Waals surface area (Å²) in [7, 11) is 0. The molecule has 2 aromatic carbocycles. The number of fused-ring (bicyclic) bond motifs is 1. The quantitative estimate of drug-likeness (QED) is 0.740. The number of carbonyl (C=O) groups is 1. The molecule has 1 aromatic heterocycles. The fourth-order valence-electron chi connectivity index (χ4n) is 3.36. The van der Waals surface area contributed by atoms with Gasteiger partial charge in [0.1, 0.15) is 12.6 Å². The molecule has 1 atom stereocenters. The Kier molecular flexibility index (Phi) is 4.62. The highest BCUT2D eigenvalue weighted by molar-refractivity contribution is 5.93. The zero-order chi connectivity index (χ0) is 19.7. The zero-order valence-corrected chi connectivity index (χ0v) is 14.8. The molecule has 0 bridgehead atoms. The van der Waals surface area contributed by atoms with Crippen molar-refractivity contribution in [1.29, 1.82) is 0 Å². The fraction of sp³-hybridized carbons (Fsp3) is 0.250. The standard InChI is InChI=1S/C20H17F3N4O/c21-20(22,23)12-27-11-10-16(18(27)28)25-19-24-15-9-5-4-8-14(15)17(26-19)13-6-2-1-3-7-13/h1-9,16H,10-12H2,(H,24,25,26). The van der Waals surface area contributed by atoms with Gasteiger partial charge in [-0.1, -0.05) is 48.5 Å². The monoisotopic (exact) mass is 386 g/mol. The van der Waals surface area contributed by atoms with E-state index in [0.717, 1.165) is 15.8 Å². The van der Waals surface area contributed by atoms with E-state index >= 15 is 0 Å². The van der Waals surface area contributed by atoms with E-state index in [1.54, 1.807) is 0 Å². The van der Waals surface area contributed by atoms with Crippen molar-refractivity contribution in [2.45, 2.75) is 18.6 Å². The molecule has 0 saturated carbocycles. The van der Waals surface area contributed by atoms with E-state index in [2.05, 4.69) is 15.3 Å². The molecular weight excluding hydrogens is 369 g/mol. The van der Waals surface area contributed by atoms with Crippen LogP contribution < -0.4 is 5.32 Å². The molecule has 1 N–H and O–H groups in total. The summed E-state index contributed by atoms with van der Waals surface area (Å²) < 4.78 is 37.8. The SMILES string of the molecule is O=C1C(Nc2nc(-c3ccccc3)c3ccccc3n2)CCN1CC(F)(F)F. The Morgan fingerprint density at radius 2 is 1.75 bits per heavy atom. The van der Waals surface area contributed by atoms with Crippen LogP contribution in [0.1, 0.15) is 6.42 Å². The molecule has 1 unspecified atom stereocenters. The van der Waals surface area contributed by atoms with Crippen LogP contribution in [0.2, 0.25) is 0 Å². The number of hydrogen-bond acceptors (Lipinski definition) is 4. The maximum absolute atomic E-state index is 12.6. The molecule has 0 radical (unpaired) electrons. The van der Waals surface area contributed by atoms with E-state index in [0.29, 0.717) is 11.2 Å². The third-order valence-electron chi connectivity index (χ3n) is 4.62. The normalized spacial score (nSPS) is 17.3. The summed E-state index contributed by atoms with van der Waals surface area (Å²) in [4.78, 5) is 22.1. The minimum Gasteiger partial charge on any atom is -0.342 e. The number of hydrogen-bond donors (Lipinski definition) is 1. The number of halogens is 3. The number of carbonyl (C=O) groups excluding carboxylic acids is 1. The summed E-state index contributed by atoms with van der Waals surface area (Å²) in [6.07, 6.45) is -4.14. The van der Waals surface area contributed by atoms with E-state index in [-0.39, 0.29) is 18.9 Å². The fourth-order valence-corrected chi connectivity index (χ4v) is 3.36. The lowest BCUT2D eigenvalue weighted by molar-refractivity contribution is -0.157. The van der Waals surface area contributed by atoms with Crippen molar-refractivity contribution in [1.82, 2.24) is 14.9 Å². The van der Waals surface area contributed by atoms with Gasteiger partial charge in [-0.05, 0) is 12.5 Å². The van der Waals surface area contributed by atoms with Gasteiger partial charge in [0, 0.05) is 17.5 Å². The van der Waals surface area contributed by atoms with Crippen molar-refractivity contribution in [2.75, 3.05) is 18.4 Å². The highest BCUT2D eigenvalue weighted by Crippen LogP contribution is 2.28. The van der Waals surface area contributed by atoms with Gasteiger partial charge in [-0.2, -0.15) is 13.2 Å². The number of anilines is 1. The summed E-state index contributed by atoms with van der Waals surface area (Å²) in [5.41, 5.74) is 2.28. The van der Waals surface area contributed by atoms with Gasteiger partial charge >= 0.3 is 6.18 Å². The van der Waals surface area contributed by atoms with Gasteiger partial charge < -0.3 is 10.2 Å².